The molecule has 3 nitrogen and oxygen atoms in total. The second kappa shape index (κ2) is 14.7. The second-order valence-corrected chi connectivity index (χ2v) is 7.28. The second-order valence-electron chi connectivity index (χ2n) is 6.59. The molecule has 0 aliphatic heterocycles. The molecule has 2 N–H and O–H groups in total. The van der Waals surface area contributed by atoms with Gasteiger partial charge in [-0.15, -0.1) is 0 Å². The third kappa shape index (κ3) is 11.0. The Morgan fingerprint density at radius 2 is 1.25 bits per heavy atom. The number of aryl methyl sites for hydroxylation is 1. The lowest BCUT2D eigenvalue weighted by molar-refractivity contribution is 0.373. The summed E-state index contributed by atoms with van der Waals surface area (Å²) in [6.45, 7) is 2.27. The molecule has 0 saturated carbocycles. The van der Waals surface area contributed by atoms with Crippen molar-refractivity contribution in [2.45, 2.75) is 90.4 Å². The number of hydrogen-bond acceptors (Lipinski definition) is 3. The normalized spacial score (nSPS) is 11.2. The highest BCUT2D eigenvalue weighted by Gasteiger charge is 2.07. The van der Waals surface area contributed by atoms with Crippen LogP contribution in [0, 0.1) is 0 Å². The van der Waals surface area contributed by atoms with Crippen LogP contribution in [0.15, 0.2) is 24.3 Å². The molecule has 0 radical (unpaired) electrons. The third-order valence-corrected chi connectivity index (χ3v) is 4.81. The topological polar surface area (TPSA) is 49.7 Å². The third-order valence-electron chi connectivity index (χ3n) is 4.45. The van der Waals surface area contributed by atoms with Gasteiger partial charge in [-0.25, -0.2) is 0 Å². The first-order valence-electron chi connectivity index (χ1n) is 9.67. The quantitative estimate of drug-likeness (QED) is 0.278. The van der Waals surface area contributed by atoms with Crippen LogP contribution in [0.2, 0.25) is 0 Å². The van der Waals surface area contributed by atoms with Crippen molar-refractivity contribution < 1.29 is 14.3 Å². The molecular formula is C20H35O3P. The summed E-state index contributed by atoms with van der Waals surface area (Å²) in [5.41, 5.74) is 1.07. The number of benzene rings is 1. The predicted molar refractivity (Wildman–Crippen MR) is 103 cm³/mol. The van der Waals surface area contributed by atoms with E-state index < -0.39 is 8.60 Å². The SMILES string of the molecule is CCCCCCCCCCCCCCc1ccccc1OP(O)O. The molecule has 0 spiro atoms. The molecule has 0 aliphatic carbocycles. The molecule has 0 amide bonds. The summed E-state index contributed by atoms with van der Waals surface area (Å²) in [7, 11) is -2.33. The lowest BCUT2D eigenvalue weighted by Gasteiger charge is -2.10. The summed E-state index contributed by atoms with van der Waals surface area (Å²) in [5, 5.41) is 0. The molecule has 24 heavy (non-hydrogen) atoms. The Kier molecular flexibility index (Phi) is 13.1. The Hall–Kier alpha value is -0.630. The first-order valence-corrected chi connectivity index (χ1v) is 10.8. The van der Waals surface area contributed by atoms with Gasteiger partial charge in [-0.05, 0) is 24.5 Å². The average Bonchev–Trinajstić information content (AvgIpc) is 2.57. The van der Waals surface area contributed by atoms with Crippen LogP contribution >= 0.6 is 8.60 Å². The van der Waals surface area contributed by atoms with Gasteiger partial charge in [-0.1, -0.05) is 95.8 Å². The van der Waals surface area contributed by atoms with Crippen molar-refractivity contribution in [1.29, 1.82) is 0 Å². The highest BCUT2D eigenvalue weighted by Crippen LogP contribution is 2.32. The van der Waals surface area contributed by atoms with Crippen molar-refractivity contribution in [3.63, 3.8) is 0 Å². The lowest BCUT2D eigenvalue weighted by Crippen LogP contribution is -1.93. The first kappa shape index (κ1) is 21.4. The van der Waals surface area contributed by atoms with Crippen molar-refractivity contribution in [2.24, 2.45) is 0 Å². The molecule has 0 unspecified atom stereocenters. The van der Waals surface area contributed by atoms with Crippen LogP contribution in [-0.2, 0) is 6.42 Å². The minimum Gasteiger partial charge on any atom is -0.427 e. The molecule has 0 saturated heterocycles. The number of rotatable bonds is 15. The molecule has 0 aliphatic rings. The van der Waals surface area contributed by atoms with Crippen LogP contribution in [0.3, 0.4) is 0 Å². The fraction of sp³-hybridized carbons (Fsp3) is 0.700. The molecule has 0 fully saturated rings. The summed E-state index contributed by atoms with van der Waals surface area (Å²) in [4.78, 5) is 18.0. The minimum atomic E-state index is -2.33. The largest absolute Gasteiger partial charge is 0.427 e. The van der Waals surface area contributed by atoms with Crippen molar-refractivity contribution in [2.75, 3.05) is 0 Å². The van der Waals surface area contributed by atoms with Gasteiger partial charge in [-0.2, -0.15) is 0 Å². The van der Waals surface area contributed by atoms with Crippen LogP contribution in [-0.4, -0.2) is 9.79 Å². The van der Waals surface area contributed by atoms with Gasteiger partial charge in [0.25, 0.3) is 0 Å². The van der Waals surface area contributed by atoms with Crippen molar-refractivity contribution in [3.8, 4) is 5.75 Å². The zero-order valence-electron chi connectivity index (χ0n) is 15.3. The summed E-state index contributed by atoms with van der Waals surface area (Å²) in [6, 6.07) is 7.64. The van der Waals surface area contributed by atoms with Gasteiger partial charge in [0.2, 0.25) is 0 Å². The van der Waals surface area contributed by atoms with E-state index in [1.165, 1.54) is 70.6 Å². The Morgan fingerprint density at radius 3 is 1.79 bits per heavy atom. The molecule has 1 aromatic rings. The smallest absolute Gasteiger partial charge is 0.391 e. The molecular weight excluding hydrogens is 319 g/mol. The van der Waals surface area contributed by atoms with E-state index in [9.17, 15) is 0 Å². The molecule has 1 rings (SSSR count). The average molecular weight is 354 g/mol. The highest BCUT2D eigenvalue weighted by atomic mass is 31.2. The number of hydrogen-bond donors (Lipinski definition) is 2. The van der Waals surface area contributed by atoms with E-state index in [-0.39, 0.29) is 0 Å². The zero-order valence-corrected chi connectivity index (χ0v) is 16.1. The summed E-state index contributed by atoms with van der Waals surface area (Å²) in [5.74, 6) is 0.608. The molecule has 0 aromatic heterocycles. The molecule has 0 heterocycles. The summed E-state index contributed by atoms with van der Waals surface area (Å²) < 4.78 is 5.08. The van der Waals surface area contributed by atoms with Gasteiger partial charge in [0.05, 0.1) is 0 Å². The Balaban J connectivity index is 1.99. The molecule has 138 valence electrons. The fourth-order valence-electron chi connectivity index (χ4n) is 3.04. The Labute approximate surface area is 149 Å². The van der Waals surface area contributed by atoms with Crippen molar-refractivity contribution in [1.82, 2.24) is 0 Å². The molecule has 1 aromatic carbocycles. The van der Waals surface area contributed by atoms with Gasteiger partial charge in [0.15, 0.2) is 0 Å². The first-order chi connectivity index (χ1) is 11.7. The van der Waals surface area contributed by atoms with Gasteiger partial charge < -0.3 is 14.3 Å². The Morgan fingerprint density at radius 1 is 0.750 bits per heavy atom. The van der Waals surface area contributed by atoms with Gasteiger partial charge in [0, 0.05) is 0 Å². The molecule has 4 heteroatoms. The van der Waals surface area contributed by atoms with E-state index in [0.717, 1.165) is 18.4 Å². The number of para-hydroxylation sites is 1. The van der Waals surface area contributed by atoms with E-state index in [1.807, 2.05) is 18.2 Å². The van der Waals surface area contributed by atoms with E-state index in [4.69, 9.17) is 14.3 Å². The van der Waals surface area contributed by atoms with Crippen LogP contribution in [0.1, 0.15) is 89.5 Å². The van der Waals surface area contributed by atoms with E-state index in [2.05, 4.69) is 6.92 Å². The fourth-order valence-corrected chi connectivity index (χ4v) is 3.40. The van der Waals surface area contributed by atoms with Crippen LogP contribution < -0.4 is 4.52 Å². The van der Waals surface area contributed by atoms with E-state index in [0.29, 0.717) is 5.75 Å². The van der Waals surface area contributed by atoms with Gasteiger partial charge in [-0.3, -0.25) is 0 Å². The Bertz CT molecular complexity index is 410. The number of unbranched alkanes of at least 4 members (excludes halogenated alkanes) is 11. The summed E-state index contributed by atoms with van der Waals surface area (Å²) >= 11 is 0. The van der Waals surface area contributed by atoms with Crippen LogP contribution in [0.5, 0.6) is 5.75 Å². The standard InChI is InChI=1S/C20H35O3P/c1-2-3-4-5-6-7-8-9-10-11-12-13-16-19-17-14-15-18-20(19)23-24(21)22/h14-15,17-18,21-22H,2-13,16H2,1H3. The lowest BCUT2D eigenvalue weighted by atomic mass is 10.0. The van der Waals surface area contributed by atoms with Crippen LogP contribution in [0.4, 0.5) is 0 Å². The maximum Gasteiger partial charge on any atom is 0.391 e. The molecule has 0 atom stereocenters. The predicted octanol–water partition coefficient (Wildman–Crippen LogP) is 6.52. The zero-order chi connectivity index (χ0) is 17.5. The van der Waals surface area contributed by atoms with Gasteiger partial charge in [0.1, 0.15) is 5.75 Å². The maximum atomic E-state index is 9.00. The van der Waals surface area contributed by atoms with Crippen LogP contribution in [0.25, 0.3) is 0 Å². The molecule has 0 bridgehead atoms. The monoisotopic (exact) mass is 354 g/mol. The minimum absolute atomic E-state index is 0.608. The maximum absolute atomic E-state index is 9.00. The van der Waals surface area contributed by atoms with Crippen molar-refractivity contribution >= 4 is 8.60 Å². The summed E-state index contributed by atoms with van der Waals surface area (Å²) in [6.07, 6.45) is 17.1. The van der Waals surface area contributed by atoms with Gasteiger partial charge >= 0.3 is 8.60 Å². The van der Waals surface area contributed by atoms with E-state index in [1.54, 1.807) is 6.07 Å². The van der Waals surface area contributed by atoms with E-state index >= 15 is 0 Å². The van der Waals surface area contributed by atoms with Crippen molar-refractivity contribution in [3.05, 3.63) is 29.8 Å². The highest BCUT2D eigenvalue weighted by molar-refractivity contribution is 7.39.